The molecule has 0 amide bonds. The van der Waals surface area contributed by atoms with Gasteiger partial charge in [-0.15, -0.1) is 0 Å². The predicted molar refractivity (Wildman–Crippen MR) is 97.8 cm³/mol. The zero-order valence-electron chi connectivity index (χ0n) is 13.1. The van der Waals surface area contributed by atoms with Gasteiger partial charge in [0.2, 0.25) is 0 Å². The minimum atomic E-state index is -0.384. The second kappa shape index (κ2) is 6.41. The van der Waals surface area contributed by atoms with Crippen LogP contribution in [-0.2, 0) is 0 Å². The van der Waals surface area contributed by atoms with Crippen LogP contribution in [0.25, 0.3) is 16.9 Å². The van der Waals surface area contributed by atoms with E-state index in [1.807, 2.05) is 65.2 Å². The Balaban J connectivity index is 1.81. The highest BCUT2D eigenvalue weighted by Crippen LogP contribution is 2.34. The number of imidazole rings is 1. The van der Waals surface area contributed by atoms with Gasteiger partial charge >= 0.3 is 0 Å². The lowest BCUT2D eigenvalue weighted by molar-refractivity contribution is -0.385. The molecule has 0 spiro atoms. The number of pyridine rings is 1. The highest BCUT2D eigenvalue weighted by atomic mass is 32.2. The minimum absolute atomic E-state index is 0.0804. The maximum Gasteiger partial charge on any atom is 0.270 e. The molecule has 0 aliphatic heterocycles. The quantitative estimate of drug-likeness (QED) is 0.382. The van der Waals surface area contributed by atoms with Gasteiger partial charge in [0, 0.05) is 28.8 Å². The van der Waals surface area contributed by atoms with E-state index >= 15 is 0 Å². The number of hydrogen-bond acceptors (Lipinski definition) is 4. The van der Waals surface area contributed by atoms with Gasteiger partial charge in [-0.25, -0.2) is 4.98 Å². The number of nitro benzene ring substituents is 1. The maximum atomic E-state index is 11.0. The van der Waals surface area contributed by atoms with Gasteiger partial charge in [0.25, 0.3) is 5.69 Å². The topological polar surface area (TPSA) is 60.4 Å². The van der Waals surface area contributed by atoms with Crippen LogP contribution in [0.1, 0.15) is 0 Å². The van der Waals surface area contributed by atoms with Gasteiger partial charge < -0.3 is 0 Å². The monoisotopic (exact) mass is 347 g/mol. The van der Waals surface area contributed by atoms with Crippen molar-refractivity contribution in [3.63, 3.8) is 0 Å². The average molecular weight is 347 g/mol. The van der Waals surface area contributed by atoms with E-state index in [4.69, 9.17) is 4.98 Å². The van der Waals surface area contributed by atoms with Crippen LogP contribution in [0.2, 0.25) is 0 Å². The lowest BCUT2D eigenvalue weighted by atomic mass is 10.2. The molecule has 0 atom stereocenters. The zero-order valence-corrected chi connectivity index (χ0v) is 13.9. The van der Waals surface area contributed by atoms with Crippen molar-refractivity contribution in [2.45, 2.75) is 9.92 Å². The molecule has 4 aromatic rings. The highest BCUT2D eigenvalue weighted by molar-refractivity contribution is 7.99. The van der Waals surface area contributed by atoms with E-state index in [2.05, 4.69) is 0 Å². The molecule has 2 aromatic heterocycles. The van der Waals surface area contributed by atoms with Gasteiger partial charge in [-0.2, -0.15) is 0 Å². The van der Waals surface area contributed by atoms with Crippen molar-refractivity contribution in [1.82, 2.24) is 9.38 Å². The van der Waals surface area contributed by atoms with Crippen LogP contribution >= 0.6 is 11.8 Å². The van der Waals surface area contributed by atoms with Crippen molar-refractivity contribution >= 4 is 23.0 Å². The number of rotatable bonds is 4. The molecule has 0 radical (unpaired) electrons. The third-order valence-electron chi connectivity index (χ3n) is 3.79. The Hall–Kier alpha value is -3.12. The van der Waals surface area contributed by atoms with E-state index < -0.39 is 0 Å². The Bertz CT molecular complexity index is 1060. The van der Waals surface area contributed by atoms with Gasteiger partial charge in [-0.05, 0) is 18.2 Å². The van der Waals surface area contributed by atoms with Gasteiger partial charge in [0.15, 0.2) is 0 Å². The third-order valence-corrected chi connectivity index (χ3v) is 4.77. The van der Waals surface area contributed by atoms with Crippen molar-refractivity contribution in [2.24, 2.45) is 0 Å². The summed E-state index contributed by atoms with van der Waals surface area (Å²) < 4.78 is 2.04. The van der Waals surface area contributed by atoms with Crippen LogP contribution in [0.3, 0.4) is 0 Å². The summed E-state index contributed by atoms with van der Waals surface area (Å²) in [6.45, 7) is 0. The Morgan fingerprint density at radius 1 is 0.960 bits per heavy atom. The fraction of sp³-hybridized carbons (Fsp3) is 0. The standard InChI is InChI=1S/C19H13N3O2S/c23-22(24)15-9-6-10-16(13-15)25-19-17-11-4-5-12-21(17)18(20-19)14-7-2-1-3-8-14/h1-13H. The van der Waals surface area contributed by atoms with Crippen molar-refractivity contribution in [3.8, 4) is 11.4 Å². The molecule has 0 bridgehead atoms. The number of nitrogens with zero attached hydrogens (tertiary/aromatic N) is 3. The summed E-state index contributed by atoms with van der Waals surface area (Å²) in [5.74, 6) is 0.851. The molecule has 0 unspecified atom stereocenters. The first-order chi connectivity index (χ1) is 12.2. The summed E-state index contributed by atoms with van der Waals surface area (Å²) >= 11 is 1.43. The van der Waals surface area contributed by atoms with E-state index in [1.165, 1.54) is 17.8 Å². The van der Waals surface area contributed by atoms with E-state index in [0.717, 1.165) is 26.8 Å². The van der Waals surface area contributed by atoms with Gasteiger partial charge in [-0.3, -0.25) is 14.5 Å². The molecule has 4 rings (SSSR count). The van der Waals surface area contributed by atoms with Gasteiger partial charge in [0.1, 0.15) is 10.9 Å². The van der Waals surface area contributed by atoms with Crippen molar-refractivity contribution < 1.29 is 4.92 Å². The number of fused-ring (bicyclic) bond motifs is 1. The molecule has 6 heteroatoms. The first-order valence-corrected chi connectivity index (χ1v) is 8.49. The average Bonchev–Trinajstić information content (AvgIpc) is 3.01. The number of non-ortho nitro benzene ring substituents is 1. The number of hydrogen-bond donors (Lipinski definition) is 0. The molecule has 0 N–H and O–H groups in total. The SMILES string of the molecule is O=[N+]([O-])c1cccc(Sc2nc(-c3ccccc3)n3ccccc23)c1. The second-order valence-electron chi connectivity index (χ2n) is 5.42. The molecule has 2 heterocycles. The first-order valence-electron chi connectivity index (χ1n) is 7.67. The van der Waals surface area contributed by atoms with Crippen LogP contribution in [0.4, 0.5) is 5.69 Å². The molecule has 0 aliphatic rings. The number of nitro groups is 1. The predicted octanol–water partition coefficient (Wildman–Crippen LogP) is 5.06. The molecule has 25 heavy (non-hydrogen) atoms. The number of aromatic nitrogens is 2. The van der Waals surface area contributed by atoms with Crippen LogP contribution in [0.15, 0.2) is 88.9 Å². The lowest BCUT2D eigenvalue weighted by Crippen LogP contribution is -1.87. The fourth-order valence-electron chi connectivity index (χ4n) is 2.65. The summed E-state index contributed by atoms with van der Waals surface area (Å²) in [6, 6.07) is 22.5. The summed E-state index contributed by atoms with van der Waals surface area (Å²) in [4.78, 5) is 16.2. The molecular formula is C19H13N3O2S. The fourth-order valence-corrected chi connectivity index (χ4v) is 3.60. The van der Waals surface area contributed by atoms with Crippen LogP contribution < -0.4 is 0 Å². The van der Waals surface area contributed by atoms with E-state index in [-0.39, 0.29) is 10.6 Å². The zero-order chi connectivity index (χ0) is 17.2. The summed E-state index contributed by atoms with van der Waals surface area (Å²) in [5.41, 5.74) is 2.07. The molecule has 0 saturated carbocycles. The Labute approximate surface area is 148 Å². The second-order valence-corrected chi connectivity index (χ2v) is 6.48. The maximum absolute atomic E-state index is 11.0. The first kappa shape index (κ1) is 15.4. The smallest absolute Gasteiger partial charge is 0.270 e. The van der Waals surface area contributed by atoms with Crippen LogP contribution in [0.5, 0.6) is 0 Å². The van der Waals surface area contributed by atoms with Crippen molar-refractivity contribution in [1.29, 1.82) is 0 Å². The van der Waals surface area contributed by atoms with E-state index in [1.54, 1.807) is 12.1 Å². The largest absolute Gasteiger partial charge is 0.299 e. The Morgan fingerprint density at radius 3 is 2.56 bits per heavy atom. The number of benzene rings is 2. The van der Waals surface area contributed by atoms with Gasteiger partial charge in [0.05, 0.1) is 10.4 Å². The molecule has 2 aromatic carbocycles. The molecule has 0 fully saturated rings. The molecule has 0 aliphatic carbocycles. The van der Waals surface area contributed by atoms with Crippen molar-refractivity contribution in [2.75, 3.05) is 0 Å². The van der Waals surface area contributed by atoms with Gasteiger partial charge in [-0.1, -0.05) is 54.2 Å². The molecule has 5 nitrogen and oxygen atoms in total. The Kier molecular flexibility index (Phi) is 3.95. The van der Waals surface area contributed by atoms with E-state index in [0.29, 0.717) is 0 Å². The third kappa shape index (κ3) is 2.99. The molecular weight excluding hydrogens is 334 g/mol. The lowest BCUT2D eigenvalue weighted by Gasteiger charge is -2.00. The molecule has 122 valence electrons. The minimum Gasteiger partial charge on any atom is -0.299 e. The highest BCUT2D eigenvalue weighted by Gasteiger charge is 2.14. The Morgan fingerprint density at radius 2 is 1.76 bits per heavy atom. The summed E-state index contributed by atoms with van der Waals surface area (Å²) in [5, 5.41) is 11.8. The summed E-state index contributed by atoms with van der Waals surface area (Å²) in [7, 11) is 0. The van der Waals surface area contributed by atoms with E-state index in [9.17, 15) is 10.1 Å². The normalized spacial score (nSPS) is 10.9. The molecule has 0 saturated heterocycles. The van der Waals surface area contributed by atoms with Crippen LogP contribution in [0, 0.1) is 10.1 Å². The van der Waals surface area contributed by atoms with Crippen LogP contribution in [-0.4, -0.2) is 14.3 Å². The summed E-state index contributed by atoms with van der Waals surface area (Å²) in [6.07, 6.45) is 1.97. The van der Waals surface area contributed by atoms with Crippen molar-refractivity contribution in [3.05, 3.63) is 89.1 Å².